The lowest BCUT2D eigenvalue weighted by molar-refractivity contribution is 0.319. The molecule has 3 rings (SSSR count). The van der Waals surface area contributed by atoms with E-state index in [0.717, 1.165) is 29.7 Å². The minimum absolute atomic E-state index is 0.626. The first-order chi connectivity index (χ1) is 8.40. The summed E-state index contributed by atoms with van der Waals surface area (Å²) in [5.74, 6) is 0. The number of oxime groups is 1. The summed E-state index contributed by atoms with van der Waals surface area (Å²) in [5.41, 5.74) is 4.76. The lowest BCUT2D eigenvalue weighted by atomic mass is 10.00. The Bertz CT molecular complexity index is 541. The van der Waals surface area contributed by atoms with Crippen LogP contribution in [0, 0.1) is 0 Å². The quantitative estimate of drug-likeness (QED) is 0.551. The first kappa shape index (κ1) is 10.0. The Balaban J connectivity index is 2.27. The second-order valence-corrected chi connectivity index (χ2v) is 4.10. The number of nitrogens with zero attached hydrogens (tertiary/aromatic N) is 2. The van der Waals surface area contributed by atoms with E-state index >= 15 is 0 Å². The molecule has 0 aliphatic heterocycles. The van der Waals surface area contributed by atoms with Crippen LogP contribution in [0.5, 0.6) is 0 Å². The molecule has 1 aliphatic rings. The molecule has 84 valence electrons. The van der Waals surface area contributed by atoms with Crippen LogP contribution in [0.4, 0.5) is 0 Å². The summed E-state index contributed by atoms with van der Waals surface area (Å²) in [7, 11) is 0. The van der Waals surface area contributed by atoms with Crippen LogP contribution in [0.3, 0.4) is 0 Å². The summed E-state index contributed by atoms with van der Waals surface area (Å²) in [5, 5.41) is 12.7. The highest BCUT2D eigenvalue weighted by Crippen LogP contribution is 2.23. The number of benzene rings is 1. The zero-order chi connectivity index (χ0) is 11.7. The van der Waals surface area contributed by atoms with Crippen molar-refractivity contribution in [3.8, 4) is 0 Å². The van der Waals surface area contributed by atoms with Gasteiger partial charge in [-0.2, -0.15) is 0 Å². The summed E-state index contributed by atoms with van der Waals surface area (Å²) in [6.07, 6.45) is 3.59. The second-order valence-electron chi connectivity index (χ2n) is 4.10. The van der Waals surface area contributed by atoms with Crippen LogP contribution in [0.15, 0.2) is 47.8 Å². The summed E-state index contributed by atoms with van der Waals surface area (Å²) in [4.78, 5) is 4.37. The smallest absolute Gasteiger partial charge is 0.119 e. The van der Waals surface area contributed by atoms with Gasteiger partial charge in [0.05, 0.1) is 5.69 Å². The normalized spacial score (nSPS) is 16.1. The van der Waals surface area contributed by atoms with E-state index in [9.17, 15) is 5.21 Å². The van der Waals surface area contributed by atoms with Crippen LogP contribution in [0.1, 0.15) is 22.4 Å². The maximum atomic E-state index is 9.27. The number of rotatable bonds is 0. The molecule has 1 heterocycles. The van der Waals surface area contributed by atoms with Gasteiger partial charge in [-0.15, -0.1) is 0 Å². The average molecular weight is 224 g/mol. The third-order valence-corrected chi connectivity index (χ3v) is 3.15. The Labute approximate surface area is 99.4 Å². The van der Waals surface area contributed by atoms with Gasteiger partial charge in [0.25, 0.3) is 0 Å². The molecule has 17 heavy (non-hydrogen) atoms. The summed E-state index contributed by atoms with van der Waals surface area (Å²) < 4.78 is 0. The predicted octanol–water partition coefficient (Wildman–Crippen LogP) is 2.41. The van der Waals surface area contributed by atoms with Crippen molar-refractivity contribution in [3.05, 3.63) is 65.0 Å². The van der Waals surface area contributed by atoms with E-state index in [1.54, 1.807) is 6.20 Å². The Morgan fingerprint density at radius 1 is 1.00 bits per heavy atom. The molecule has 0 amide bonds. The van der Waals surface area contributed by atoms with E-state index in [-0.39, 0.29) is 0 Å². The summed E-state index contributed by atoms with van der Waals surface area (Å²) >= 11 is 0. The Morgan fingerprint density at radius 3 is 2.71 bits per heavy atom. The van der Waals surface area contributed by atoms with Crippen LogP contribution in [-0.2, 0) is 12.8 Å². The van der Waals surface area contributed by atoms with Crippen molar-refractivity contribution in [2.24, 2.45) is 5.16 Å². The number of aromatic nitrogens is 1. The fourth-order valence-electron chi connectivity index (χ4n) is 2.33. The van der Waals surface area contributed by atoms with Crippen molar-refractivity contribution >= 4 is 5.71 Å². The summed E-state index contributed by atoms with van der Waals surface area (Å²) in [6, 6.07) is 11.9. The molecule has 1 aromatic carbocycles. The van der Waals surface area contributed by atoms with Crippen molar-refractivity contribution in [3.63, 3.8) is 0 Å². The molecular weight excluding hydrogens is 212 g/mol. The van der Waals surface area contributed by atoms with Crippen molar-refractivity contribution in [2.75, 3.05) is 0 Å². The number of hydrogen-bond donors (Lipinski definition) is 1. The van der Waals surface area contributed by atoms with Gasteiger partial charge in [-0.3, -0.25) is 4.98 Å². The molecular formula is C14H12N2O. The molecule has 3 heteroatoms. The van der Waals surface area contributed by atoms with Gasteiger partial charge in [0.1, 0.15) is 5.71 Å². The molecule has 0 bridgehead atoms. The third kappa shape index (κ3) is 1.60. The molecule has 3 nitrogen and oxygen atoms in total. The molecule has 0 saturated carbocycles. The van der Waals surface area contributed by atoms with Gasteiger partial charge in [0, 0.05) is 17.3 Å². The predicted molar refractivity (Wildman–Crippen MR) is 65.5 cm³/mol. The van der Waals surface area contributed by atoms with Crippen LogP contribution in [0.25, 0.3) is 0 Å². The van der Waals surface area contributed by atoms with E-state index in [1.165, 1.54) is 5.56 Å². The fraction of sp³-hybridized carbons (Fsp3) is 0.143. The molecule has 0 atom stereocenters. The fourth-order valence-corrected chi connectivity index (χ4v) is 2.33. The maximum absolute atomic E-state index is 9.27. The average Bonchev–Trinajstić information content (AvgIpc) is 2.55. The van der Waals surface area contributed by atoms with Crippen molar-refractivity contribution in [2.45, 2.75) is 12.8 Å². The molecule has 1 aliphatic carbocycles. The first-order valence-corrected chi connectivity index (χ1v) is 5.65. The first-order valence-electron chi connectivity index (χ1n) is 5.65. The topological polar surface area (TPSA) is 45.5 Å². The molecule has 0 spiro atoms. The van der Waals surface area contributed by atoms with Crippen LogP contribution in [-0.4, -0.2) is 15.9 Å². The van der Waals surface area contributed by atoms with Crippen molar-refractivity contribution < 1.29 is 5.21 Å². The zero-order valence-corrected chi connectivity index (χ0v) is 9.30. The van der Waals surface area contributed by atoms with Gasteiger partial charge in [0.15, 0.2) is 0 Å². The maximum Gasteiger partial charge on any atom is 0.119 e. The van der Waals surface area contributed by atoms with Gasteiger partial charge < -0.3 is 5.21 Å². The highest BCUT2D eigenvalue weighted by atomic mass is 16.4. The molecule has 2 aromatic rings. The minimum Gasteiger partial charge on any atom is -0.410 e. The zero-order valence-electron chi connectivity index (χ0n) is 9.30. The van der Waals surface area contributed by atoms with Gasteiger partial charge >= 0.3 is 0 Å². The van der Waals surface area contributed by atoms with Crippen LogP contribution >= 0.6 is 0 Å². The highest BCUT2D eigenvalue weighted by molar-refractivity contribution is 6.14. The van der Waals surface area contributed by atoms with E-state index in [2.05, 4.69) is 16.2 Å². The van der Waals surface area contributed by atoms with Gasteiger partial charge in [-0.25, -0.2) is 0 Å². The van der Waals surface area contributed by atoms with E-state index in [4.69, 9.17) is 0 Å². The largest absolute Gasteiger partial charge is 0.410 e. The summed E-state index contributed by atoms with van der Waals surface area (Å²) in [6.45, 7) is 0. The molecule has 0 radical (unpaired) electrons. The van der Waals surface area contributed by atoms with Gasteiger partial charge in [-0.05, 0) is 30.5 Å². The number of pyridine rings is 1. The van der Waals surface area contributed by atoms with Crippen LogP contribution in [0.2, 0.25) is 0 Å². The monoisotopic (exact) mass is 224 g/mol. The van der Waals surface area contributed by atoms with E-state index in [1.807, 2.05) is 30.3 Å². The molecule has 1 N–H and O–H groups in total. The lowest BCUT2D eigenvalue weighted by Crippen LogP contribution is -2.06. The lowest BCUT2D eigenvalue weighted by Gasteiger charge is -2.07. The van der Waals surface area contributed by atoms with Gasteiger partial charge in [0.2, 0.25) is 0 Å². The van der Waals surface area contributed by atoms with Crippen molar-refractivity contribution in [1.29, 1.82) is 0 Å². The minimum atomic E-state index is 0.626. The SMILES string of the molecule is O/N=C1/c2ccccc2CCc2ncccc21. The third-order valence-electron chi connectivity index (χ3n) is 3.15. The van der Waals surface area contributed by atoms with E-state index in [0.29, 0.717) is 5.71 Å². The second kappa shape index (κ2) is 4.01. The number of aryl methyl sites for hydroxylation is 2. The van der Waals surface area contributed by atoms with Crippen molar-refractivity contribution in [1.82, 2.24) is 4.98 Å². The number of hydrogen-bond acceptors (Lipinski definition) is 3. The molecule has 0 unspecified atom stereocenters. The molecule has 1 aromatic heterocycles. The van der Waals surface area contributed by atoms with E-state index < -0.39 is 0 Å². The van der Waals surface area contributed by atoms with Gasteiger partial charge in [-0.1, -0.05) is 29.4 Å². The molecule has 0 saturated heterocycles. The Hall–Kier alpha value is -2.16. The Kier molecular flexibility index (Phi) is 2.37. The Morgan fingerprint density at radius 2 is 1.82 bits per heavy atom. The number of fused-ring (bicyclic) bond motifs is 2. The molecule has 0 fully saturated rings. The van der Waals surface area contributed by atoms with Crippen LogP contribution < -0.4 is 0 Å². The standard InChI is InChI=1S/C14H12N2O/c17-16-14-11-5-2-1-4-10(11)7-8-13-12(14)6-3-9-15-13/h1-6,9,17H,7-8H2/b16-14-. The highest BCUT2D eigenvalue weighted by Gasteiger charge is 2.19.